The van der Waals surface area contributed by atoms with Crippen molar-refractivity contribution in [1.29, 1.82) is 0 Å². The molecule has 100 valence electrons. The zero-order valence-electron chi connectivity index (χ0n) is 10.2. The summed E-state index contributed by atoms with van der Waals surface area (Å²) in [4.78, 5) is 0. The molecule has 1 heterocycles. The Labute approximate surface area is 106 Å². The van der Waals surface area contributed by atoms with Crippen molar-refractivity contribution in [3.05, 3.63) is 17.7 Å². The van der Waals surface area contributed by atoms with Gasteiger partial charge in [-0.3, -0.25) is 0 Å². The average molecular weight is 253 g/mol. The maximum Gasteiger partial charge on any atom is 0.200 e. The summed E-state index contributed by atoms with van der Waals surface area (Å²) in [6.45, 7) is 2.90. The fourth-order valence-electron chi connectivity index (χ4n) is 2.13. The van der Waals surface area contributed by atoms with Gasteiger partial charge in [0.1, 0.15) is 0 Å². The first-order chi connectivity index (χ1) is 8.68. The Bertz CT molecular complexity index is 402. The highest BCUT2D eigenvalue weighted by Crippen LogP contribution is 2.36. The Hall–Kier alpha value is -1.46. The van der Waals surface area contributed by atoms with Crippen LogP contribution in [-0.4, -0.2) is 35.1 Å². The summed E-state index contributed by atoms with van der Waals surface area (Å²) >= 11 is 0. The van der Waals surface area contributed by atoms with Crippen molar-refractivity contribution in [2.24, 2.45) is 5.92 Å². The first-order valence-corrected chi connectivity index (χ1v) is 6.19. The summed E-state index contributed by atoms with van der Waals surface area (Å²) in [6, 6.07) is 2.96. The number of rotatable bonds is 4. The molecule has 1 aromatic rings. The van der Waals surface area contributed by atoms with E-state index in [-0.39, 0.29) is 11.5 Å². The van der Waals surface area contributed by atoms with Gasteiger partial charge in [-0.25, -0.2) is 0 Å². The van der Waals surface area contributed by atoms with Crippen LogP contribution in [0.4, 0.5) is 0 Å². The first-order valence-electron chi connectivity index (χ1n) is 6.19. The van der Waals surface area contributed by atoms with Crippen molar-refractivity contribution >= 4 is 0 Å². The lowest BCUT2D eigenvalue weighted by Gasteiger charge is -2.22. The number of benzene rings is 1. The fraction of sp³-hybridized carbons (Fsp3) is 0.538. The molecule has 0 radical (unpaired) electrons. The minimum absolute atomic E-state index is 0.262. The summed E-state index contributed by atoms with van der Waals surface area (Å²) in [5, 5.41) is 31.5. The molecule has 5 nitrogen and oxygen atoms in total. The molecule has 4 N–H and O–H groups in total. The maximum absolute atomic E-state index is 9.64. The Morgan fingerprint density at radius 2 is 2.06 bits per heavy atom. The van der Waals surface area contributed by atoms with Gasteiger partial charge in [-0.2, -0.15) is 0 Å². The number of hydrogen-bond acceptors (Lipinski definition) is 5. The third kappa shape index (κ3) is 3.05. The van der Waals surface area contributed by atoms with Crippen molar-refractivity contribution in [3.8, 4) is 17.2 Å². The second-order valence-corrected chi connectivity index (χ2v) is 4.66. The molecule has 1 aliphatic rings. The minimum Gasteiger partial charge on any atom is -0.504 e. The van der Waals surface area contributed by atoms with E-state index in [1.165, 1.54) is 6.07 Å². The fourth-order valence-corrected chi connectivity index (χ4v) is 2.13. The van der Waals surface area contributed by atoms with E-state index in [9.17, 15) is 15.3 Å². The standard InChI is InChI=1S/C13H19NO4/c15-11-4-3-10(12(16)13(11)17)7-14-6-9-2-1-5-18-8-9/h3-4,9,14-17H,1-2,5-8H2. The van der Waals surface area contributed by atoms with Gasteiger partial charge in [0, 0.05) is 25.3 Å². The van der Waals surface area contributed by atoms with E-state index < -0.39 is 5.75 Å². The predicted octanol–water partition coefficient (Wildman–Crippen LogP) is 1.32. The molecule has 1 unspecified atom stereocenters. The number of ether oxygens (including phenoxy) is 1. The molecule has 1 saturated heterocycles. The van der Waals surface area contributed by atoms with Gasteiger partial charge in [0.25, 0.3) is 0 Å². The Morgan fingerprint density at radius 3 is 2.78 bits per heavy atom. The van der Waals surface area contributed by atoms with Crippen LogP contribution in [0.1, 0.15) is 18.4 Å². The largest absolute Gasteiger partial charge is 0.504 e. The minimum atomic E-state index is -0.463. The molecule has 0 aromatic heterocycles. The van der Waals surface area contributed by atoms with Gasteiger partial charge in [-0.1, -0.05) is 6.07 Å². The van der Waals surface area contributed by atoms with E-state index in [2.05, 4.69) is 5.32 Å². The molecule has 5 heteroatoms. The summed E-state index contributed by atoms with van der Waals surface area (Å²) in [5.74, 6) is -0.527. The average Bonchev–Trinajstić information content (AvgIpc) is 2.40. The third-order valence-corrected chi connectivity index (χ3v) is 3.22. The molecule has 18 heavy (non-hydrogen) atoms. The van der Waals surface area contributed by atoms with Crippen molar-refractivity contribution in [3.63, 3.8) is 0 Å². The van der Waals surface area contributed by atoms with Crippen molar-refractivity contribution in [2.45, 2.75) is 19.4 Å². The van der Waals surface area contributed by atoms with E-state index >= 15 is 0 Å². The van der Waals surface area contributed by atoms with Gasteiger partial charge in [-0.15, -0.1) is 0 Å². The Morgan fingerprint density at radius 1 is 1.22 bits per heavy atom. The van der Waals surface area contributed by atoms with E-state index in [1.54, 1.807) is 6.07 Å². The van der Waals surface area contributed by atoms with Crippen LogP contribution in [0.5, 0.6) is 17.2 Å². The van der Waals surface area contributed by atoms with Crippen LogP contribution >= 0.6 is 0 Å². The molecule has 1 fully saturated rings. The van der Waals surface area contributed by atoms with E-state index in [1.807, 2.05) is 0 Å². The van der Waals surface area contributed by atoms with Crippen LogP contribution in [0.2, 0.25) is 0 Å². The second kappa shape index (κ2) is 5.93. The predicted molar refractivity (Wildman–Crippen MR) is 66.7 cm³/mol. The van der Waals surface area contributed by atoms with Gasteiger partial charge >= 0.3 is 0 Å². The molecule has 0 aliphatic carbocycles. The molecule has 0 saturated carbocycles. The highest BCUT2D eigenvalue weighted by molar-refractivity contribution is 5.52. The number of phenolic OH excluding ortho intramolecular Hbond substituents is 3. The first kappa shape index (κ1) is 13.0. The number of nitrogens with one attached hydrogen (secondary N) is 1. The Kier molecular flexibility index (Phi) is 4.28. The maximum atomic E-state index is 9.64. The van der Waals surface area contributed by atoms with E-state index in [0.29, 0.717) is 18.0 Å². The molecular weight excluding hydrogens is 234 g/mol. The van der Waals surface area contributed by atoms with Gasteiger partial charge < -0.3 is 25.4 Å². The smallest absolute Gasteiger partial charge is 0.200 e. The van der Waals surface area contributed by atoms with Crippen LogP contribution in [0.3, 0.4) is 0 Å². The molecule has 1 aromatic carbocycles. The van der Waals surface area contributed by atoms with E-state index in [0.717, 1.165) is 32.6 Å². The number of hydrogen-bond donors (Lipinski definition) is 4. The molecule has 1 atom stereocenters. The van der Waals surface area contributed by atoms with Gasteiger partial charge in [0.15, 0.2) is 11.5 Å². The SMILES string of the molecule is Oc1ccc(CNCC2CCCOC2)c(O)c1O. The lowest BCUT2D eigenvalue weighted by Crippen LogP contribution is -2.28. The summed E-state index contributed by atoms with van der Waals surface area (Å²) in [5.41, 5.74) is 0.571. The molecule has 0 amide bonds. The topological polar surface area (TPSA) is 82.0 Å². The third-order valence-electron chi connectivity index (χ3n) is 3.22. The van der Waals surface area contributed by atoms with Gasteiger partial charge in [-0.05, 0) is 24.8 Å². The number of aromatic hydroxyl groups is 3. The quantitative estimate of drug-likeness (QED) is 0.608. The second-order valence-electron chi connectivity index (χ2n) is 4.66. The molecule has 2 rings (SSSR count). The lowest BCUT2D eigenvalue weighted by atomic mass is 10.0. The monoisotopic (exact) mass is 253 g/mol. The summed E-state index contributed by atoms with van der Waals surface area (Å²) in [7, 11) is 0. The number of phenols is 3. The van der Waals surface area contributed by atoms with Crippen LogP contribution in [0.25, 0.3) is 0 Å². The van der Waals surface area contributed by atoms with Crippen molar-refractivity contribution in [2.75, 3.05) is 19.8 Å². The van der Waals surface area contributed by atoms with Gasteiger partial charge in [0.2, 0.25) is 5.75 Å². The summed E-state index contributed by atoms with van der Waals surface area (Å²) in [6.07, 6.45) is 2.25. The highest BCUT2D eigenvalue weighted by Gasteiger charge is 2.14. The van der Waals surface area contributed by atoms with Crippen LogP contribution < -0.4 is 5.32 Å². The highest BCUT2D eigenvalue weighted by atomic mass is 16.5. The molecule has 0 bridgehead atoms. The zero-order chi connectivity index (χ0) is 13.0. The molecule has 1 aliphatic heterocycles. The molecular formula is C13H19NO4. The van der Waals surface area contributed by atoms with Crippen LogP contribution in [0, 0.1) is 5.92 Å². The van der Waals surface area contributed by atoms with Crippen LogP contribution in [-0.2, 0) is 11.3 Å². The Balaban J connectivity index is 1.84. The lowest BCUT2D eigenvalue weighted by molar-refractivity contribution is 0.0547. The normalized spacial score (nSPS) is 19.9. The van der Waals surface area contributed by atoms with E-state index in [4.69, 9.17) is 4.74 Å². The zero-order valence-corrected chi connectivity index (χ0v) is 10.2. The van der Waals surface area contributed by atoms with Crippen LogP contribution in [0.15, 0.2) is 12.1 Å². The summed E-state index contributed by atoms with van der Waals surface area (Å²) < 4.78 is 5.38. The van der Waals surface area contributed by atoms with Gasteiger partial charge in [0.05, 0.1) is 6.61 Å². The van der Waals surface area contributed by atoms with Crippen molar-refractivity contribution in [1.82, 2.24) is 5.32 Å². The van der Waals surface area contributed by atoms with Crippen molar-refractivity contribution < 1.29 is 20.1 Å². The molecule has 0 spiro atoms.